The van der Waals surface area contributed by atoms with Gasteiger partial charge in [-0.05, 0) is 27.2 Å². The van der Waals surface area contributed by atoms with E-state index in [1.54, 1.807) is 0 Å². The van der Waals surface area contributed by atoms with Crippen LogP contribution in [0.4, 0.5) is 0 Å². The average molecular weight is 170 g/mol. The molecule has 70 valence electrons. The number of hydrogen-bond acceptors (Lipinski definition) is 2. The normalized spacial score (nSPS) is 29.7. The summed E-state index contributed by atoms with van der Waals surface area (Å²) in [6.07, 6.45) is 4.45. The molecule has 0 aliphatic heterocycles. The third-order valence-electron chi connectivity index (χ3n) is 1.88. The molecule has 2 nitrogen and oxygen atoms in total. The Morgan fingerprint density at radius 1 is 1.42 bits per heavy atom. The number of aliphatic hydroxyl groups excluding tert-OH is 1. The smallest absolute Gasteiger partial charge is 0.0727 e. The molecule has 0 spiro atoms. The molecule has 2 atom stereocenters. The quantitative estimate of drug-likeness (QED) is 0.640. The van der Waals surface area contributed by atoms with Crippen LogP contribution >= 0.6 is 0 Å². The molecule has 0 fully saturated rings. The van der Waals surface area contributed by atoms with E-state index in [-0.39, 0.29) is 11.7 Å². The van der Waals surface area contributed by atoms with Crippen molar-refractivity contribution in [1.82, 2.24) is 0 Å². The van der Waals surface area contributed by atoms with Crippen LogP contribution in [0.2, 0.25) is 0 Å². The highest BCUT2D eigenvalue weighted by atomic mass is 16.5. The van der Waals surface area contributed by atoms with E-state index in [1.165, 1.54) is 0 Å². The monoisotopic (exact) mass is 170 g/mol. The van der Waals surface area contributed by atoms with E-state index in [9.17, 15) is 5.11 Å². The van der Waals surface area contributed by atoms with Crippen molar-refractivity contribution in [3.8, 4) is 0 Å². The van der Waals surface area contributed by atoms with Gasteiger partial charge in [-0.25, -0.2) is 0 Å². The number of rotatable bonds is 2. The summed E-state index contributed by atoms with van der Waals surface area (Å²) in [7, 11) is 0. The maximum Gasteiger partial charge on any atom is 0.0727 e. The Labute approximate surface area is 74.2 Å². The van der Waals surface area contributed by atoms with Gasteiger partial charge in [0.05, 0.1) is 18.3 Å². The van der Waals surface area contributed by atoms with Crippen LogP contribution in [0.3, 0.4) is 0 Å². The topological polar surface area (TPSA) is 29.5 Å². The first-order valence-electron chi connectivity index (χ1n) is 4.48. The molecule has 0 bridgehead atoms. The fraction of sp³-hybridized carbons (Fsp3) is 0.800. The molecule has 0 unspecified atom stereocenters. The highest BCUT2D eigenvalue weighted by molar-refractivity contribution is 5.02. The fourth-order valence-electron chi connectivity index (χ4n) is 1.23. The van der Waals surface area contributed by atoms with Gasteiger partial charge in [-0.2, -0.15) is 0 Å². The van der Waals surface area contributed by atoms with Gasteiger partial charge in [0.15, 0.2) is 0 Å². The van der Waals surface area contributed by atoms with Crippen molar-refractivity contribution in [1.29, 1.82) is 0 Å². The molecule has 0 amide bonds. The minimum Gasteiger partial charge on any atom is -0.389 e. The highest BCUT2D eigenvalue weighted by Crippen LogP contribution is 2.20. The van der Waals surface area contributed by atoms with Crippen molar-refractivity contribution in [2.75, 3.05) is 6.61 Å². The summed E-state index contributed by atoms with van der Waals surface area (Å²) >= 11 is 0. The Hall–Kier alpha value is -0.340. The van der Waals surface area contributed by atoms with Crippen molar-refractivity contribution in [3.05, 3.63) is 12.2 Å². The zero-order valence-electron chi connectivity index (χ0n) is 8.08. The second kappa shape index (κ2) is 3.58. The molecule has 2 heteroatoms. The minimum absolute atomic E-state index is 0.0681. The highest BCUT2D eigenvalue weighted by Gasteiger charge is 2.19. The molecule has 1 aliphatic carbocycles. The number of ether oxygens (including phenoxy) is 1. The summed E-state index contributed by atoms with van der Waals surface area (Å²) in [6, 6.07) is 0. The zero-order valence-corrected chi connectivity index (χ0v) is 8.08. The van der Waals surface area contributed by atoms with Crippen molar-refractivity contribution in [3.63, 3.8) is 0 Å². The third-order valence-corrected chi connectivity index (χ3v) is 1.88. The zero-order chi connectivity index (χ0) is 9.19. The molecule has 0 saturated carbocycles. The average Bonchev–Trinajstić information content (AvgIpc) is 2.30. The molecule has 1 N–H and O–H groups in total. The first kappa shape index (κ1) is 9.75. The molecule has 0 radical (unpaired) electrons. The second-order valence-corrected chi connectivity index (χ2v) is 4.37. The maximum atomic E-state index is 9.19. The molecule has 0 aromatic rings. The summed E-state index contributed by atoms with van der Waals surface area (Å²) < 4.78 is 5.60. The van der Waals surface area contributed by atoms with Gasteiger partial charge in [0.25, 0.3) is 0 Å². The van der Waals surface area contributed by atoms with Crippen LogP contribution in [0, 0.1) is 5.92 Å². The Morgan fingerprint density at radius 2 is 2.08 bits per heavy atom. The van der Waals surface area contributed by atoms with Crippen LogP contribution < -0.4 is 0 Å². The first-order valence-corrected chi connectivity index (χ1v) is 4.48. The van der Waals surface area contributed by atoms with Crippen molar-refractivity contribution in [2.24, 2.45) is 5.92 Å². The standard InChI is InChI=1S/C10H18O2/c1-10(2,3)12-7-8-4-5-9(11)6-8/h4-5,8-9,11H,6-7H2,1-3H3/t8-,9-/m0/s1. The Kier molecular flexibility index (Phi) is 2.91. The van der Waals surface area contributed by atoms with E-state index in [2.05, 4.69) is 0 Å². The van der Waals surface area contributed by atoms with Crippen LogP contribution in [-0.2, 0) is 4.74 Å². The second-order valence-electron chi connectivity index (χ2n) is 4.37. The van der Waals surface area contributed by atoms with Gasteiger partial charge in [0.1, 0.15) is 0 Å². The molecule has 0 aromatic heterocycles. The van der Waals surface area contributed by atoms with Crippen LogP contribution in [0.5, 0.6) is 0 Å². The summed E-state index contributed by atoms with van der Waals surface area (Å²) in [6.45, 7) is 6.85. The lowest BCUT2D eigenvalue weighted by Gasteiger charge is -2.21. The van der Waals surface area contributed by atoms with Gasteiger partial charge >= 0.3 is 0 Å². The molecular formula is C10H18O2. The molecule has 12 heavy (non-hydrogen) atoms. The lowest BCUT2D eigenvalue weighted by atomic mass is 10.1. The van der Waals surface area contributed by atoms with Crippen molar-refractivity contribution in [2.45, 2.75) is 38.9 Å². The Morgan fingerprint density at radius 3 is 2.50 bits per heavy atom. The Balaban J connectivity index is 2.21. The van der Waals surface area contributed by atoms with Crippen molar-refractivity contribution >= 4 is 0 Å². The summed E-state index contributed by atoms with van der Waals surface area (Å²) in [4.78, 5) is 0. The maximum absolute atomic E-state index is 9.19. The Bertz CT molecular complexity index is 167. The molecule has 0 aromatic carbocycles. The largest absolute Gasteiger partial charge is 0.389 e. The van der Waals surface area contributed by atoms with Gasteiger partial charge < -0.3 is 9.84 Å². The van der Waals surface area contributed by atoms with Gasteiger partial charge in [-0.15, -0.1) is 0 Å². The summed E-state index contributed by atoms with van der Waals surface area (Å²) in [5, 5.41) is 9.19. The first-order chi connectivity index (χ1) is 5.47. The van der Waals surface area contributed by atoms with Gasteiger partial charge in [0.2, 0.25) is 0 Å². The van der Waals surface area contributed by atoms with Gasteiger partial charge in [-0.1, -0.05) is 12.2 Å². The lowest BCUT2D eigenvalue weighted by molar-refractivity contribution is -0.0180. The van der Waals surface area contributed by atoms with Crippen molar-refractivity contribution < 1.29 is 9.84 Å². The van der Waals surface area contributed by atoms with E-state index < -0.39 is 0 Å². The number of hydrogen-bond donors (Lipinski definition) is 1. The lowest BCUT2D eigenvalue weighted by Crippen LogP contribution is -2.23. The van der Waals surface area contributed by atoms with E-state index in [4.69, 9.17) is 4.74 Å². The van der Waals surface area contributed by atoms with E-state index in [0.29, 0.717) is 5.92 Å². The fourth-order valence-corrected chi connectivity index (χ4v) is 1.23. The molecule has 0 heterocycles. The predicted molar refractivity (Wildman–Crippen MR) is 49.0 cm³/mol. The molecule has 0 saturated heterocycles. The van der Waals surface area contributed by atoms with E-state index >= 15 is 0 Å². The van der Waals surface area contributed by atoms with Crippen LogP contribution in [0.25, 0.3) is 0 Å². The van der Waals surface area contributed by atoms with Gasteiger partial charge in [0, 0.05) is 5.92 Å². The van der Waals surface area contributed by atoms with Crippen LogP contribution in [-0.4, -0.2) is 23.4 Å². The summed E-state index contributed by atoms with van der Waals surface area (Å²) in [5.74, 6) is 0.402. The molecular weight excluding hydrogens is 152 g/mol. The minimum atomic E-state index is -0.251. The van der Waals surface area contributed by atoms with Crippen LogP contribution in [0.15, 0.2) is 12.2 Å². The third kappa shape index (κ3) is 3.37. The van der Waals surface area contributed by atoms with E-state index in [1.807, 2.05) is 32.9 Å². The van der Waals surface area contributed by atoms with Crippen LogP contribution in [0.1, 0.15) is 27.2 Å². The number of aliphatic hydroxyl groups is 1. The SMILES string of the molecule is CC(C)(C)OC[C@H]1C=C[C@H](O)C1. The van der Waals surface area contributed by atoms with E-state index in [0.717, 1.165) is 13.0 Å². The predicted octanol–water partition coefficient (Wildman–Crippen LogP) is 1.74. The molecule has 1 rings (SSSR count). The molecule has 1 aliphatic rings. The van der Waals surface area contributed by atoms with Gasteiger partial charge in [-0.3, -0.25) is 0 Å². The summed E-state index contributed by atoms with van der Waals surface area (Å²) in [5.41, 5.74) is -0.0681.